The zero-order valence-corrected chi connectivity index (χ0v) is 6.03. The number of aliphatic carboxylic acids is 1. The molecule has 0 atom stereocenters. The number of H-pyrrole nitrogens is 1. The van der Waals surface area contributed by atoms with Gasteiger partial charge >= 0.3 is 5.97 Å². The van der Waals surface area contributed by atoms with Crippen molar-refractivity contribution >= 4 is 12.0 Å². The number of hydrogen-bond acceptors (Lipinski definition) is 2. The minimum absolute atomic E-state index is 0.264. The SMILES string of the molecule is C/C(=C\c1ncc[nH]1)C(=O)O. The molecule has 0 aliphatic carbocycles. The average molecular weight is 152 g/mol. The van der Waals surface area contributed by atoms with E-state index in [2.05, 4.69) is 9.97 Å². The summed E-state index contributed by atoms with van der Waals surface area (Å²) in [7, 11) is 0. The van der Waals surface area contributed by atoms with Gasteiger partial charge in [-0.3, -0.25) is 0 Å². The summed E-state index contributed by atoms with van der Waals surface area (Å²) >= 11 is 0. The van der Waals surface area contributed by atoms with Crippen LogP contribution in [0.4, 0.5) is 0 Å². The zero-order chi connectivity index (χ0) is 8.27. The zero-order valence-electron chi connectivity index (χ0n) is 6.03. The fraction of sp³-hybridized carbons (Fsp3) is 0.143. The first kappa shape index (κ1) is 7.53. The summed E-state index contributed by atoms with van der Waals surface area (Å²) < 4.78 is 0. The van der Waals surface area contributed by atoms with Crippen molar-refractivity contribution in [3.8, 4) is 0 Å². The molecule has 0 aromatic carbocycles. The topological polar surface area (TPSA) is 66.0 Å². The molecule has 4 nitrogen and oxygen atoms in total. The lowest BCUT2D eigenvalue weighted by Crippen LogP contribution is -1.95. The van der Waals surface area contributed by atoms with Crippen LogP contribution in [0.15, 0.2) is 18.0 Å². The molecule has 0 fully saturated rings. The maximum absolute atomic E-state index is 10.3. The minimum Gasteiger partial charge on any atom is -0.478 e. The summed E-state index contributed by atoms with van der Waals surface area (Å²) in [5, 5.41) is 8.47. The van der Waals surface area contributed by atoms with Gasteiger partial charge in [-0.05, 0) is 13.0 Å². The van der Waals surface area contributed by atoms with E-state index in [9.17, 15) is 4.79 Å². The van der Waals surface area contributed by atoms with E-state index in [-0.39, 0.29) is 5.57 Å². The fourth-order valence-corrected chi connectivity index (χ4v) is 0.623. The molecule has 1 rings (SSSR count). The molecule has 4 heteroatoms. The second-order valence-electron chi connectivity index (χ2n) is 2.11. The largest absolute Gasteiger partial charge is 0.478 e. The molecule has 0 spiro atoms. The predicted molar refractivity (Wildman–Crippen MR) is 39.9 cm³/mol. The van der Waals surface area contributed by atoms with E-state index in [1.165, 1.54) is 13.0 Å². The van der Waals surface area contributed by atoms with Gasteiger partial charge in [-0.15, -0.1) is 0 Å². The van der Waals surface area contributed by atoms with Gasteiger partial charge in [-0.25, -0.2) is 9.78 Å². The number of aromatic nitrogens is 2. The number of carboxylic acid groups (broad SMARTS) is 1. The van der Waals surface area contributed by atoms with Crippen molar-refractivity contribution in [2.75, 3.05) is 0 Å². The Labute approximate surface area is 63.6 Å². The van der Waals surface area contributed by atoms with Crippen LogP contribution in [-0.2, 0) is 4.79 Å². The Morgan fingerprint density at radius 1 is 1.82 bits per heavy atom. The predicted octanol–water partition coefficient (Wildman–Crippen LogP) is 0.898. The summed E-state index contributed by atoms with van der Waals surface area (Å²) in [6.07, 6.45) is 4.68. The van der Waals surface area contributed by atoms with Crippen molar-refractivity contribution in [3.05, 3.63) is 23.8 Å². The van der Waals surface area contributed by atoms with Crippen molar-refractivity contribution < 1.29 is 9.90 Å². The van der Waals surface area contributed by atoms with Crippen LogP contribution in [0.2, 0.25) is 0 Å². The number of rotatable bonds is 2. The monoisotopic (exact) mass is 152 g/mol. The van der Waals surface area contributed by atoms with Gasteiger partial charge in [0.2, 0.25) is 0 Å². The standard InChI is InChI=1S/C7H8N2O2/c1-5(7(10)11)4-6-8-2-3-9-6/h2-4H,1H3,(H,8,9)(H,10,11)/b5-4+. The normalized spacial score (nSPS) is 11.5. The Morgan fingerprint density at radius 2 is 2.55 bits per heavy atom. The lowest BCUT2D eigenvalue weighted by Gasteiger charge is -1.89. The van der Waals surface area contributed by atoms with E-state index in [1.54, 1.807) is 12.4 Å². The molecule has 0 saturated carbocycles. The minimum atomic E-state index is -0.929. The van der Waals surface area contributed by atoms with Crippen LogP contribution >= 0.6 is 0 Å². The molecule has 0 aliphatic heterocycles. The Hall–Kier alpha value is -1.58. The average Bonchev–Trinajstić information content (AvgIpc) is 2.39. The molecule has 1 aromatic rings. The second-order valence-corrected chi connectivity index (χ2v) is 2.11. The summed E-state index contributed by atoms with van der Waals surface area (Å²) in [5.74, 6) is -0.369. The molecule has 1 heterocycles. The second kappa shape index (κ2) is 3.01. The highest BCUT2D eigenvalue weighted by Gasteiger charge is 1.99. The quantitative estimate of drug-likeness (QED) is 0.618. The summed E-state index contributed by atoms with van der Waals surface area (Å²) in [5.41, 5.74) is 0.264. The number of aromatic amines is 1. The summed E-state index contributed by atoms with van der Waals surface area (Å²) in [4.78, 5) is 16.9. The highest BCUT2D eigenvalue weighted by atomic mass is 16.4. The highest BCUT2D eigenvalue weighted by molar-refractivity contribution is 5.90. The molecule has 2 N–H and O–H groups in total. The van der Waals surface area contributed by atoms with E-state index in [1.807, 2.05) is 0 Å². The molecule has 0 radical (unpaired) electrons. The van der Waals surface area contributed by atoms with Crippen LogP contribution in [0.1, 0.15) is 12.7 Å². The first-order valence-electron chi connectivity index (χ1n) is 3.11. The van der Waals surface area contributed by atoms with Gasteiger partial charge in [-0.1, -0.05) is 0 Å². The van der Waals surface area contributed by atoms with Gasteiger partial charge in [0.15, 0.2) is 0 Å². The highest BCUT2D eigenvalue weighted by Crippen LogP contribution is 1.99. The maximum Gasteiger partial charge on any atom is 0.331 e. The third kappa shape index (κ3) is 1.93. The number of nitrogens with zero attached hydrogens (tertiary/aromatic N) is 1. The van der Waals surface area contributed by atoms with Gasteiger partial charge in [-0.2, -0.15) is 0 Å². The van der Waals surface area contributed by atoms with Crippen molar-refractivity contribution in [2.24, 2.45) is 0 Å². The summed E-state index contributed by atoms with van der Waals surface area (Å²) in [6, 6.07) is 0. The number of carbonyl (C=O) groups is 1. The molecule has 11 heavy (non-hydrogen) atoms. The molecular formula is C7H8N2O2. The molecule has 1 aromatic heterocycles. The first-order chi connectivity index (χ1) is 5.20. The van der Waals surface area contributed by atoms with Crippen molar-refractivity contribution in [1.82, 2.24) is 9.97 Å². The van der Waals surface area contributed by atoms with Gasteiger partial charge in [0.25, 0.3) is 0 Å². The van der Waals surface area contributed by atoms with Crippen LogP contribution < -0.4 is 0 Å². The van der Waals surface area contributed by atoms with E-state index < -0.39 is 5.97 Å². The van der Waals surface area contributed by atoms with Crippen molar-refractivity contribution in [2.45, 2.75) is 6.92 Å². The van der Waals surface area contributed by atoms with E-state index >= 15 is 0 Å². The van der Waals surface area contributed by atoms with Gasteiger partial charge in [0.05, 0.1) is 0 Å². The number of hydrogen-bond donors (Lipinski definition) is 2. The maximum atomic E-state index is 10.3. The van der Waals surface area contributed by atoms with Crippen LogP contribution in [0, 0.1) is 0 Å². The van der Waals surface area contributed by atoms with E-state index in [4.69, 9.17) is 5.11 Å². The van der Waals surface area contributed by atoms with Gasteiger partial charge in [0.1, 0.15) is 5.82 Å². The molecule has 0 unspecified atom stereocenters. The molecule has 0 saturated heterocycles. The first-order valence-corrected chi connectivity index (χ1v) is 3.11. The Kier molecular flexibility index (Phi) is 2.06. The number of imidazole rings is 1. The van der Waals surface area contributed by atoms with Crippen LogP contribution in [0.3, 0.4) is 0 Å². The fourth-order valence-electron chi connectivity index (χ4n) is 0.623. The smallest absolute Gasteiger partial charge is 0.331 e. The lowest BCUT2D eigenvalue weighted by molar-refractivity contribution is -0.132. The molecular weight excluding hydrogens is 144 g/mol. The summed E-state index contributed by atoms with van der Waals surface area (Å²) in [6.45, 7) is 1.52. The van der Waals surface area contributed by atoms with E-state index in [0.717, 1.165) is 0 Å². The molecule has 58 valence electrons. The third-order valence-electron chi connectivity index (χ3n) is 1.21. The van der Waals surface area contributed by atoms with Gasteiger partial charge < -0.3 is 10.1 Å². The van der Waals surface area contributed by atoms with Gasteiger partial charge in [0, 0.05) is 18.0 Å². The van der Waals surface area contributed by atoms with Crippen LogP contribution in [0.5, 0.6) is 0 Å². The number of carboxylic acids is 1. The Bertz CT molecular complexity index is 275. The molecule has 0 bridgehead atoms. The van der Waals surface area contributed by atoms with Crippen LogP contribution in [-0.4, -0.2) is 21.0 Å². The lowest BCUT2D eigenvalue weighted by atomic mass is 10.3. The number of nitrogens with one attached hydrogen (secondary N) is 1. The Balaban J connectivity index is 2.82. The van der Waals surface area contributed by atoms with Crippen LogP contribution in [0.25, 0.3) is 6.08 Å². The van der Waals surface area contributed by atoms with Crippen molar-refractivity contribution in [1.29, 1.82) is 0 Å². The molecule has 0 aliphatic rings. The van der Waals surface area contributed by atoms with E-state index in [0.29, 0.717) is 5.82 Å². The Morgan fingerprint density at radius 3 is 3.00 bits per heavy atom. The van der Waals surface area contributed by atoms with Crippen molar-refractivity contribution in [3.63, 3.8) is 0 Å². The third-order valence-corrected chi connectivity index (χ3v) is 1.21. The molecule has 0 amide bonds.